The van der Waals surface area contributed by atoms with Gasteiger partial charge in [0.2, 0.25) is 0 Å². The van der Waals surface area contributed by atoms with E-state index in [1.165, 1.54) is 0 Å². The third kappa shape index (κ3) is 5.87. The molecule has 6 heteroatoms. The molecule has 0 aromatic rings. The zero-order valence-electron chi connectivity index (χ0n) is 4.90. The van der Waals surface area contributed by atoms with E-state index in [-0.39, 0.29) is 19.0 Å². The van der Waals surface area contributed by atoms with Crippen molar-refractivity contribution < 1.29 is 18.4 Å². The van der Waals surface area contributed by atoms with Gasteiger partial charge >= 0.3 is 6.08 Å². The first-order valence-corrected chi connectivity index (χ1v) is 2.25. The fraction of sp³-hybridized carbons (Fsp3) is 0.500. The molecule has 0 aliphatic heterocycles. The third-order valence-corrected chi connectivity index (χ3v) is 0.661. The van der Waals surface area contributed by atoms with E-state index < -0.39 is 18.3 Å². The summed E-state index contributed by atoms with van der Waals surface area (Å²) in [4.78, 5) is 0. The van der Waals surface area contributed by atoms with Crippen LogP contribution in [0.4, 0.5) is 13.2 Å². The smallest absolute Gasteiger partial charge is 0.301 e. The van der Waals surface area contributed by atoms with Crippen LogP contribution >= 0.6 is 12.4 Å². The average molecular weight is 178 g/mol. The number of rotatable bonds is 3. The zero-order chi connectivity index (χ0) is 7.28. The molecule has 0 fully saturated rings. The molecule has 0 aliphatic rings. The predicted octanol–water partition coefficient (Wildman–Crippen LogP) is 1.85. The second-order valence-corrected chi connectivity index (χ2v) is 1.32. The Balaban J connectivity index is 0. The lowest BCUT2D eigenvalue weighted by molar-refractivity contribution is 0.165. The van der Waals surface area contributed by atoms with E-state index in [0.29, 0.717) is 0 Å². The standard InChI is InChI=1S/C4H6F3NO.ClH/c5-3(4(6)7)1-2-8-9;/h8-9H,1-2H2;1H. The largest absolute Gasteiger partial charge is 0.317 e. The normalized spacial score (nSPS) is 8.40. The Morgan fingerprint density at radius 3 is 2.10 bits per heavy atom. The SMILES string of the molecule is Cl.ONCCC(F)=C(F)F. The minimum atomic E-state index is -2.33. The van der Waals surface area contributed by atoms with E-state index in [2.05, 4.69) is 0 Å². The van der Waals surface area contributed by atoms with E-state index >= 15 is 0 Å². The molecule has 0 unspecified atom stereocenters. The maximum Gasteiger partial charge on any atom is 0.301 e. The van der Waals surface area contributed by atoms with Crippen molar-refractivity contribution >= 4 is 12.4 Å². The summed E-state index contributed by atoms with van der Waals surface area (Å²) in [5.41, 5.74) is 1.55. The summed E-state index contributed by atoms with van der Waals surface area (Å²) in [6.07, 6.45) is -2.82. The van der Waals surface area contributed by atoms with Gasteiger partial charge in [-0.2, -0.15) is 8.78 Å². The maximum absolute atomic E-state index is 11.7. The zero-order valence-corrected chi connectivity index (χ0v) is 5.72. The van der Waals surface area contributed by atoms with Crippen molar-refractivity contribution in [2.75, 3.05) is 6.54 Å². The summed E-state index contributed by atoms with van der Waals surface area (Å²) in [5, 5.41) is 7.81. The van der Waals surface area contributed by atoms with Gasteiger partial charge in [-0.05, 0) is 0 Å². The molecule has 0 heterocycles. The molecule has 0 rings (SSSR count). The molecule has 0 bridgehead atoms. The van der Waals surface area contributed by atoms with Crippen LogP contribution in [0.15, 0.2) is 11.9 Å². The molecule has 0 amide bonds. The summed E-state index contributed by atoms with van der Waals surface area (Å²) in [7, 11) is 0. The minimum Gasteiger partial charge on any atom is -0.317 e. The molecular formula is C4H7ClF3NO. The molecule has 0 radical (unpaired) electrons. The first kappa shape index (κ1) is 12.4. The topological polar surface area (TPSA) is 32.3 Å². The molecule has 62 valence electrons. The van der Waals surface area contributed by atoms with Crippen LogP contribution in [0.25, 0.3) is 0 Å². The van der Waals surface area contributed by atoms with Crippen LogP contribution in [0.2, 0.25) is 0 Å². The van der Waals surface area contributed by atoms with Crippen molar-refractivity contribution in [1.29, 1.82) is 0 Å². The fourth-order valence-corrected chi connectivity index (χ4v) is 0.260. The summed E-state index contributed by atoms with van der Waals surface area (Å²) < 4.78 is 34.0. The lowest BCUT2D eigenvalue weighted by Gasteiger charge is -1.92. The van der Waals surface area contributed by atoms with E-state index in [1.807, 2.05) is 0 Å². The average Bonchev–Trinajstić information content (AvgIpc) is 1.82. The second kappa shape index (κ2) is 6.85. The molecule has 0 aliphatic carbocycles. The van der Waals surface area contributed by atoms with Gasteiger partial charge in [0.05, 0.1) is 0 Å². The van der Waals surface area contributed by atoms with Crippen molar-refractivity contribution in [3.8, 4) is 0 Å². The van der Waals surface area contributed by atoms with Crippen LogP contribution in [0.1, 0.15) is 6.42 Å². The van der Waals surface area contributed by atoms with Gasteiger partial charge in [-0.3, -0.25) is 0 Å². The van der Waals surface area contributed by atoms with E-state index in [9.17, 15) is 13.2 Å². The highest BCUT2D eigenvalue weighted by molar-refractivity contribution is 5.85. The molecule has 0 aromatic heterocycles. The van der Waals surface area contributed by atoms with Crippen molar-refractivity contribution in [2.45, 2.75) is 6.42 Å². The molecule has 0 atom stereocenters. The van der Waals surface area contributed by atoms with Crippen LogP contribution < -0.4 is 5.48 Å². The lowest BCUT2D eigenvalue weighted by Crippen LogP contribution is -2.08. The third-order valence-electron chi connectivity index (χ3n) is 0.661. The molecular weight excluding hydrogens is 170 g/mol. The molecule has 2 nitrogen and oxygen atoms in total. The Bertz CT molecular complexity index is 115. The van der Waals surface area contributed by atoms with Crippen molar-refractivity contribution in [2.24, 2.45) is 0 Å². The van der Waals surface area contributed by atoms with Gasteiger partial charge < -0.3 is 5.21 Å². The Hall–Kier alpha value is -0.260. The number of hydrogen-bond donors (Lipinski definition) is 2. The van der Waals surface area contributed by atoms with Gasteiger partial charge in [0, 0.05) is 13.0 Å². The Morgan fingerprint density at radius 2 is 1.80 bits per heavy atom. The van der Waals surface area contributed by atoms with E-state index in [4.69, 9.17) is 5.21 Å². The molecule has 2 N–H and O–H groups in total. The van der Waals surface area contributed by atoms with Crippen LogP contribution in [0.5, 0.6) is 0 Å². The minimum absolute atomic E-state index is 0. The molecule has 0 saturated carbocycles. The summed E-state index contributed by atoms with van der Waals surface area (Å²) in [5.74, 6) is -1.49. The van der Waals surface area contributed by atoms with Gasteiger partial charge in [0.25, 0.3) is 0 Å². The fourth-order valence-electron chi connectivity index (χ4n) is 0.260. The van der Waals surface area contributed by atoms with Crippen LogP contribution in [0.3, 0.4) is 0 Å². The summed E-state index contributed by atoms with van der Waals surface area (Å²) >= 11 is 0. The van der Waals surface area contributed by atoms with Crippen molar-refractivity contribution in [1.82, 2.24) is 5.48 Å². The maximum atomic E-state index is 11.7. The number of hydrogen-bond acceptors (Lipinski definition) is 2. The van der Waals surface area contributed by atoms with Crippen LogP contribution in [-0.2, 0) is 0 Å². The highest BCUT2D eigenvalue weighted by Gasteiger charge is 2.02. The Labute approximate surface area is 62.1 Å². The predicted molar refractivity (Wildman–Crippen MR) is 32.0 cm³/mol. The van der Waals surface area contributed by atoms with Gasteiger partial charge in [0.1, 0.15) is 0 Å². The first-order valence-electron chi connectivity index (χ1n) is 2.25. The summed E-state index contributed by atoms with van der Waals surface area (Å²) in [6.45, 7) is -0.205. The second-order valence-electron chi connectivity index (χ2n) is 1.32. The van der Waals surface area contributed by atoms with Gasteiger partial charge in [-0.15, -0.1) is 12.4 Å². The number of halogens is 4. The Kier molecular flexibility index (Phi) is 8.51. The number of hydroxylamine groups is 1. The summed E-state index contributed by atoms with van der Waals surface area (Å²) in [6, 6.07) is 0. The van der Waals surface area contributed by atoms with Crippen molar-refractivity contribution in [3.05, 3.63) is 11.9 Å². The molecule has 0 spiro atoms. The van der Waals surface area contributed by atoms with Crippen LogP contribution in [-0.4, -0.2) is 11.8 Å². The van der Waals surface area contributed by atoms with Gasteiger partial charge in [0.15, 0.2) is 5.83 Å². The van der Waals surface area contributed by atoms with Crippen molar-refractivity contribution in [3.63, 3.8) is 0 Å². The first-order chi connectivity index (χ1) is 4.18. The Morgan fingerprint density at radius 1 is 1.30 bits per heavy atom. The number of nitrogens with one attached hydrogen (secondary N) is 1. The van der Waals surface area contributed by atoms with Gasteiger partial charge in [-0.1, -0.05) is 0 Å². The molecule has 0 aromatic carbocycles. The quantitative estimate of drug-likeness (QED) is 0.645. The lowest BCUT2D eigenvalue weighted by atomic mass is 10.4. The van der Waals surface area contributed by atoms with E-state index in [1.54, 1.807) is 5.48 Å². The monoisotopic (exact) mass is 177 g/mol. The van der Waals surface area contributed by atoms with E-state index in [0.717, 1.165) is 0 Å². The molecule has 0 saturated heterocycles. The van der Waals surface area contributed by atoms with Gasteiger partial charge in [-0.25, -0.2) is 9.87 Å². The molecule has 10 heavy (non-hydrogen) atoms. The van der Waals surface area contributed by atoms with Crippen LogP contribution in [0, 0.1) is 0 Å². The highest BCUT2D eigenvalue weighted by atomic mass is 35.5. The highest BCUT2D eigenvalue weighted by Crippen LogP contribution is 2.11.